The Morgan fingerprint density at radius 3 is 2.82 bits per heavy atom. The fraction of sp³-hybridized carbons (Fsp3) is 0.200. The van der Waals surface area contributed by atoms with Gasteiger partial charge in [-0.3, -0.25) is 4.79 Å². The molecule has 1 saturated heterocycles. The molecule has 0 aliphatic carbocycles. The number of hydrogen-bond acceptors (Lipinski definition) is 6. The van der Waals surface area contributed by atoms with Crippen molar-refractivity contribution in [3.8, 4) is 0 Å². The molecule has 0 bridgehead atoms. The fourth-order valence-electron chi connectivity index (χ4n) is 4.41. The number of fused-ring (bicyclic) bond motifs is 3. The quantitative estimate of drug-likeness (QED) is 0.352. The van der Waals surface area contributed by atoms with Crippen molar-refractivity contribution in [2.45, 2.75) is 18.9 Å². The molecule has 34 heavy (non-hydrogen) atoms. The predicted molar refractivity (Wildman–Crippen MR) is 132 cm³/mol. The third-order valence-corrected chi connectivity index (χ3v) is 6.15. The van der Waals surface area contributed by atoms with Gasteiger partial charge < -0.3 is 20.8 Å². The number of aromatic amines is 1. The second-order valence-electron chi connectivity index (χ2n) is 8.34. The van der Waals surface area contributed by atoms with Crippen LogP contribution in [0.25, 0.3) is 33.1 Å². The number of carbonyl (C=O) groups excluding carboxylic acids is 1. The third kappa shape index (κ3) is 3.46. The summed E-state index contributed by atoms with van der Waals surface area (Å²) >= 11 is 0. The van der Waals surface area contributed by atoms with Crippen LogP contribution in [0.1, 0.15) is 28.8 Å². The number of benzene rings is 2. The number of nitrogen functional groups attached to an aromatic ring is 1. The summed E-state index contributed by atoms with van der Waals surface area (Å²) in [6.45, 7) is 1.15. The van der Waals surface area contributed by atoms with E-state index in [4.69, 9.17) is 20.4 Å². The molecule has 3 aromatic heterocycles. The number of para-hydroxylation sites is 3. The molecule has 0 saturated carbocycles. The molecule has 0 spiro atoms. The van der Waals surface area contributed by atoms with Crippen molar-refractivity contribution in [2.24, 2.45) is 5.10 Å². The molecule has 1 atom stereocenters. The normalized spacial score (nSPS) is 16.3. The first kappa shape index (κ1) is 20.4. The fourth-order valence-corrected chi connectivity index (χ4v) is 4.41. The van der Waals surface area contributed by atoms with Gasteiger partial charge in [0.15, 0.2) is 5.65 Å². The van der Waals surface area contributed by atoms with Crippen LogP contribution in [-0.2, 0) is 4.74 Å². The Labute approximate surface area is 194 Å². The zero-order valence-corrected chi connectivity index (χ0v) is 18.4. The summed E-state index contributed by atoms with van der Waals surface area (Å²) in [4.78, 5) is 25.9. The van der Waals surface area contributed by atoms with Gasteiger partial charge in [0.1, 0.15) is 16.9 Å². The first-order valence-corrected chi connectivity index (χ1v) is 11.3. The number of rotatable bonds is 5. The summed E-state index contributed by atoms with van der Waals surface area (Å²) in [6.07, 6.45) is 5.54. The van der Waals surface area contributed by atoms with E-state index in [1.165, 1.54) is 4.68 Å². The Hall–Kier alpha value is -4.24. The highest BCUT2D eigenvalue weighted by molar-refractivity contribution is 6.11. The summed E-state index contributed by atoms with van der Waals surface area (Å²) < 4.78 is 7.11. The van der Waals surface area contributed by atoms with Gasteiger partial charge in [0.2, 0.25) is 0 Å². The van der Waals surface area contributed by atoms with Gasteiger partial charge in [-0.15, -0.1) is 0 Å². The Balaban J connectivity index is 1.45. The van der Waals surface area contributed by atoms with E-state index in [9.17, 15) is 4.79 Å². The molecule has 9 nitrogen and oxygen atoms in total. The molecular formula is C25H23N7O2. The lowest BCUT2D eigenvalue weighted by Gasteiger charge is -2.10. The van der Waals surface area contributed by atoms with E-state index in [0.717, 1.165) is 35.9 Å². The van der Waals surface area contributed by atoms with Crippen LogP contribution in [0.5, 0.6) is 0 Å². The highest BCUT2D eigenvalue weighted by Gasteiger charge is 2.25. The number of nitrogens with one attached hydrogen (secondary N) is 2. The maximum atomic E-state index is 13.2. The van der Waals surface area contributed by atoms with E-state index >= 15 is 0 Å². The molecule has 170 valence electrons. The molecule has 4 heterocycles. The number of nitrogens with zero attached hydrogens (tertiary/aromatic N) is 4. The maximum Gasteiger partial charge on any atom is 0.257 e. The smallest absolute Gasteiger partial charge is 0.257 e. The molecule has 1 fully saturated rings. The van der Waals surface area contributed by atoms with E-state index in [2.05, 4.69) is 15.4 Å². The van der Waals surface area contributed by atoms with Crippen molar-refractivity contribution in [1.82, 2.24) is 24.9 Å². The van der Waals surface area contributed by atoms with E-state index in [1.807, 2.05) is 54.7 Å². The van der Waals surface area contributed by atoms with Crippen LogP contribution in [-0.4, -0.2) is 51.0 Å². The summed E-state index contributed by atoms with van der Waals surface area (Å²) in [5, 5.41) is 8.60. The average Bonchev–Trinajstić information content (AvgIpc) is 3.58. The van der Waals surface area contributed by atoms with Crippen molar-refractivity contribution < 1.29 is 9.53 Å². The summed E-state index contributed by atoms with van der Waals surface area (Å²) in [5.74, 6) is -0.130. The summed E-state index contributed by atoms with van der Waals surface area (Å²) in [6, 6.07) is 15.5. The first-order chi connectivity index (χ1) is 16.7. The van der Waals surface area contributed by atoms with Crippen LogP contribution < -0.4 is 11.1 Å². The predicted octanol–water partition coefficient (Wildman–Crippen LogP) is 3.44. The number of carbonyl (C=O) groups is 1. The zero-order valence-electron chi connectivity index (χ0n) is 18.4. The van der Waals surface area contributed by atoms with Gasteiger partial charge in [0.25, 0.3) is 5.91 Å². The Bertz CT molecular complexity index is 1560. The van der Waals surface area contributed by atoms with Crippen molar-refractivity contribution >= 4 is 51.0 Å². The lowest BCUT2D eigenvalue weighted by Crippen LogP contribution is -2.32. The molecule has 2 aromatic carbocycles. The topological polar surface area (TPSA) is 123 Å². The molecular weight excluding hydrogens is 430 g/mol. The number of amides is 1. The van der Waals surface area contributed by atoms with Gasteiger partial charge in [-0.1, -0.05) is 30.3 Å². The number of aromatic nitrogens is 4. The van der Waals surface area contributed by atoms with E-state index < -0.39 is 0 Å². The van der Waals surface area contributed by atoms with Crippen LogP contribution in [0.4, 0.5) is 5.82 Å². The molecule has 5 aromatic rings. The lowest BCUT2D eigenvalue weighted by molar-refractivity contribution is 0.0859. The molecule has 1 unspecified atom stereocenters. The van der Waals surface area contributed by atoms with Crippen molar-refractivity contribution in [3.63, 3.8) is 0 Å². The zero-order chi connectivity index (χ0) is 23.1. The highest BCUT2D eigenvalue weighted by atomic mass is 16.5. The Morgan fingerprint density at radius 2 is 2.00 bits per heavy atom. The monoisotopic (exact) mass is 453 g/mol. The maximum absolute atomic E-state index is 13.2. The Kier molecular flexibility index (Phi) is 4.96. The van der Waals surface area contributed by atoms with Gasteiger partial charge >= 0.3 is 0 Å². The van der Waals surface area contributed by atoms with Crippen molar-refractivity contribution in [1.29, 1.82) is 0 Å². The summed E-state index contributed by atoms with van der Waals surface area (Å²) in [7, 11) is 0. The first-order valence-electron chi connectivity index (χ1n) is 11.3. The van der Waals surface area contributed by atoms with E-state index in [-0.39, 0.29) is 23.4 Å². The molecule has 1 amide bonds. The summed E-state index contributed by atoms with van der Waals surface area (Å²) in [5.41, 5.74) is 10.9. The molecule has 4 N–H and O–H groups in total. The second kappa shape index (κ2) is 8.27. The molecule has 0 radical (unpaired) electrons. The second-order valence-corrected chi connectivity index (χ2v) is 8.34. The average molecular weight is 454 g/mol. The van der Waals surface area contributed by atoms with E-state index in [0.29, 0.717) is 28.7 Å². The van der Waals surface area contributed by atoms with Crippen LogP contribution in [0.15, 0.2) is 59.8 Å². The van der Waals surface area contributed by atoms with Gasteiger partial charge in [0, 0.05) is 35.8 Å². The van der Waals surface area contributed by atoms with Gasteiger partial charge in [-0.2, -0.15) is 9.78 Å². The van der Waals surface area contributed by atoms with E-state index in [1.54, 1.807) is 6.21 Å². The molecule has 6 rings (SSSR count). The number of nitrogens with two attached hydrogens (primary N) is 1. The molecule has 1 aliphatic heterocycles. The van der Waals surface area contributed by atoms with Crippen molar-refractivity contribution in [3.05, 3.63) is 65.9 Å². The van der Waals surface area contributed by atoms with Gasteiger partial charge in [-0.05, 0) is 31.0 Å². The lowest BCUT2D eigenvalue weighted by atomic mass is 10.2. The van der Waals surface area contributed by atoms with Crippen LogP contribution in [0, 0.1) is 0 Å². The molecule has 9 heteroatoms. The van der Waals surface area contributed by atoms with Gasteiger partial charge in [-0.25, -0.2) is 9.97 Å². The number of hydrogen-bond donors (Lipinski definition) is 3. The van der Waals surface area contributed by atoms with Crippen LogP contribution in [0.3, 0.4) is 0 Å². The Morgan fingerprint density at radius 1 is 1.21 bits per heavy atom. The minimum absolute atomic E-state index is 0.0188. The molecule has 1 aliphatic rings. The number of anilines is 1. The van der Waals surface area contributed by atoms with Crippen LogP contribution >= 0.6 is 0 Å². The van der Waals surface area contributed by atoms with Crippen molar-refractivity contribution in [2.75, 3.05) is 18.9 Å². The standard InChI is InChI=1S/C25H23N7O2/c26-23-21(25(33)28-14-16-6-5-11-34-16)22-24(31-20-10-4-3-9-19(20)30-22)32(23)29-13-15-12-27-18-8-2-1-7-17(15)18/h1-4,7-10,12-13,16,27H,5-6,11,14,26H2,(H,28,33)/b29-13+. The number of ether oxygens (including phenoxy) is 1. The van der Waals surface area contributed by atoms with Crippen LogP contribution in [0.2, 0.25) is 0 Å². The number of H-pyrrole nitrogens is 1. The largest absolute Gasteiger partial charge is 0.383 e. The third-order valence-electron chi connectivity index (χ3n) is 6.15. The SMILES string of the molecule is Nc1c(C(=O)NCC2CCCO2)c2nc3ccccc3nc2n1/N=C/c1c[nH]c2ccccc12. The highest BCUT2D eigenvalue weighted by Crippen LogP contribution is 2.28. The minimum Gasteiger partial charge on any atom is -0.383 e. The van der Waals surface area contributed by atoms with Gasteiger partial charge in [0.05, 0.1) is 23.4 Å². The minimum atomic E-state index is -0.316.